The summed E-state index contributed by atoms with van der Waals surface area (Å²) in [4.78, 5) is 17.0. The van der Waals surface area contributed by atoms with E-state index in [9.17, 15) is 13.0 Å². The predicted octanol–water partition coefficient (Wildman–Crippen LogP) is -2.26. The van der Waals surface area contributed by atoms with Crippen LogP contribution in [-0.2, 0) is 14.7 Å². The van der Waals surface area contributed by atoms with Crippen molar-refractivity contribution in [3.05, 3.63) is 0 Å². The van der Waals surface area contributed by atoms with Gasteiger partial charge in [-0.1, -0.05) is 0 Å². The molecular formula is C4H12NO7PS. The maximum atomic E-state index is 10.6. The molecule has 2 atom stereocenters. The van der Waals surface area contributed by atoms with Gasteiger partial charge in [0.1, 0.15) is 5.25 Å². The van der Waals surface area contributed by atoms with Crippen molar-refractivity contribution in [1.29, 1.82) is 0 Å². The van der Waals surface area contributed by atoms with E-state index in [1.165, 1.54) is 0 Å². The Morgan fingerprint density at radius 1 is 1.36 bits per heavy atom. The largest absolute Gasteiger partial charge is 0.390 e. The molecule has 14 heavy (non-hydrogen) atoms. The molecule has 0 aromatic heterocycles. The lowest BCUT2D eigenvalue weighted by Crippen LogP contribution is -2.41. The van der Waals surface area contributed by atoms with Crippen molar-refractivity contribution in [1.82, 2.24) is 0 Å². The highest BCUT2D eigenvalue weighted by Gasteiger charge is 2.36. The summed E-state index contributed by atoms with van der Waals surface area (Å²) in [5.74, 6) is 0. The van der Waals surface area contributed by atoms with Gasteiger partial charge in [0.25, 0.3) is 10.1 Å². The summed E-state index contributed by atoms with van der Waals surface area (Å²) in [6, 6.07) is 0. The lowest BCUT2D eigenvalue weighted by molar-refractivity contribution is 0.175. The molecule has 0 rings (SSSR count). The van der Waals surface area contributed by atoms with Crippen LogP contribution in [0.1, 0.15) is 0 Å². The SMILES string of the molecule is NCC(O)C(CP(=O)(O)O)S(=O)(=O)O. The molecule has 10 heteroatoms. The molecule has 2 unspecified atom stereocenters. The fourth-order valence-electron chi connectivity index (χ4n) is 0.801. The normalized spacial score (nSPS) is 17.8. The van der Waals surface area contributed by atoms with Crippen LogP contribution in [0.2, 0.25) is 0 Å². The van der Waals surface area contributed by atoms with Gasteiger partial charge in [0.15, 0.2) is 0 Å². The minimum absolute atomic E-state index is 0.523. The second-order valence-corrected chi connectivity index (χ2v) is 6.03. The van der Waals surface area contributed by atoms with Gasteiger partial charge in [-0.3, -0.25) is 9.12 Å². The first-order valence-corrected chi connectivity index (χ1v) is 6.77. The molecule has 0 amide bonds. The van der Waals surface area contributed by atoms with E-state index in [1.807, 2.05) is 0 Å². The summed E-state index contributed by atoms with van der Waals surface area (Å²) in [6.45, 7) is -0.523. The Balaban J connectivity index is 4.86. The van der Waals surface area contributed by atoms with Gasteiger partial charge < -0.3 is 20.6 Å². The molecule has 0 aliphatic carbocycles. The van der Waals surface area contributed by atoms with E-state index in [-0.39, 0.29) is 0 Å². The van der Waals surface area contributed by atoms with Crippen LogP contribution in [0.5, 0.6) is 0 Å². The van der Waals surface area contributed by atoms with Gasteiger partial charge in [-0.15, -0.1) is 0 Å². The van der Waals surface area contributed by atoms with E-state index in [1.54, 1.807) is 0 Å². The van der Waals surface area contributed by atoms with Crippen molar-refractivity contribution in [2.45, 2.75) is 11.4 Å². The molecule has 0 spiro atoms. The average Bonchev–Trinajstić information content (AvgIpc) is 1.95. The van der Waals surface area contributed by atoms with E-state index in [2.05, 4.69) is 0 Å². The monoisotopic (exact) mass is 249 g/mol. The Morgan fingerprint density at radius 2 is 1.79 bits per heavy atom. The van der Waals surface area contributed by atoms with Crippen LogP contribution in [0.4, 0.5) is 0 Å². The Bertz CT molecular complexity index is 321. The molecular weight excluding hydrogens is 237 g/mol. The molecule has 86 valence electrons. The molecule has 0 saturated carbocycles. The lowest BCUT2D eigenvalue weighted by atomic mass is 10.3. The minimum atomic E-state index is -4.73. The van der Waals surface area contributed by atoms with Crippen molar-refractivity contribution >= 4 is 17.7 Å². The summed E-state index contributed by atoms with van der Waals surface area (Å²) < 4.78 is 40.2. The minimum Gasteiger partial charge on any atom is -0.390 e. The molecule has 0 aromatic carbocycles. The number of hydrogen-bond donors (Lipinski definition) is 5. The number of rotatable bonds is 5. The van der Waals surface area contributed by atoms with Crippen molar-refractivity contribution < 1.29 is 32.4 Å². The summed E-state index contributed by atoms with van der Waals surface area (Å²) in [6.07, 6.45) is -2.87. The van der Waals surface area contributed by atoms with Crippen LogP contribution in [0, 0.1) is 0 Å². The molecule has 0 saturated heterocycles. The van der Waals surface area contributed by atoms with Crippen LogP contribution < -0.4 is 5.73 Å². The summed E-state index contributed by atoms with van der Waals surface area (Å²) in [5, 5.41) is 7.04. The molecule has 0 aromatic rings. The van der Waals surface area contributed by atoms with E-state index >= 15 is 0 Å². The highest BCUT2D eigenvalue weighted by molar-refractivity contribution is 7.87. The standard InChI is InChI=1S/C4H12NO7PS/c5-1-3(6)4(14(10,11)12)2-13(7,8)9/h3-4,6H,1-2,5H2,(H2,7,8,9)(H,10,11,12). The first-order valence-electron chi connectivity index (χ1n) is 3.47. The molecule has 0 heterocycles. The van der Waals surface area contributed by atoms with Crippen LogP contribution in [0.3, 0.4) is 0 Å². The molecule has 0 aliphatic rings. The first-order chi connectivity index (χ1) is 6.08. The number of aliphatic hydroxyl groups excluding tert-OH is 1. The third-order valence-corrected chi connectivity index (χ3v) is 3.83. The maximum Gasteiger partial charge on any atom is 0.327 e. The zero-order valence-corrected chi connectivity index (χ0v) is 8.73. The van der Waals surface area contributed by atoms with Gasteiger partial charge in [0.2, 0.25) is 0 Å². The topological polar surface area (TPSA) is 158 Å². The molecule has 6 N–H and O–H groups in total. The van der Waals surface area contributed by atoms with Gasteiger partial charge in [-0.05, 0) is 0 Å². The van der Waals surface area contributed by atoms with Gasteiger partial charge >= 0.3 is 7.60 Å². The number of nitrogens with two attached hydrogens (primary N) is 1. The highest BCUT2D eigenvalue weighted by Crippen LogP contribution is 2.37. The fourth-order valence-corrected chi connectivity index (χ4v) is 3.36. The smallest absolute Gasteiger partial charge is 0.327 e. The number of aliphatic hydroxyl groups is 1. The predicted molar refractivity (Wildman–Crippen MR) is 47.3 cm³/mol. The Labute approximate surface area is 80.6 Å². The highest BCUT2D eigenvalue weighted by atomic mass is 32.2. The van der Waals surface area contributed by atoms with Gasteiger partial charge in [-0.2, -0.15) is 8.42 Å². The zero-order chi connectivity index (χ0) is 11.6. The van der Waals surface area contributed by atoms with Gasteiger partial charge in [0.05, 0.1) is 12.3 Å². The van der Waals surface area contributed by atoms with E-state index < -0.39 is 41.8 Å². The Morgan fingerprint density at radius 3 is 2.00 bits per heavy atom. The summed E-state index contributed by atoms with van der Waals surface area (Å²) in [7, 11) is -9.37. The molecule has 0 fully saturated rings. The summed E-state index contributed by atoms with van der Waals surface area (Å²) >= 11 is 0. The second kappa shape index (κ2) is 4.67. The van der Waals surface area contributed by atoms with Crippen molar-refractivity contribution in [2.24, 2.45) is 5.73 Å². The third kappa shape index (κ3) is 5.01. The van der Waals surface area contributed by atoms with Crippen LogP contribution in [0.15, 0.2) is 0 Å². The van der Waals surface area contributed by atoms with E-state index in [0.717, 1.165) is 0 Å². The van der Waals surface area contributed by atoms with Crippen LogP contribution in [-0.4, -0.2) is 51.9 Å². The van der Waals surface area contributed by atoms with Gasteiger partial charge in [0, 0.05) is 6.54 Å². The Kier molecular flexibility index (Phi) is 4.66. The quantitative estimate of drug-likeness (QED) is 0.269. The van der Waals surface area contributed by atoms with Crippen molar-refractivity contribution in [3.63, 3.8) is 0 Å². The van der Waals surface area contributed by atoms with Crippen molar-refractivity contribution in [3.8, 4) is 0 Å². The lowest BCUT2D eigenvalue weighted by Gasteiger charge is -2.18. The van der Waals surface area contributed by atoms with E-state index in [0.29, 0.717) is 0 Å². The zero-order valence-electron chi connectivity index (χ0n) is 7.02. The molecule has 0 bridgehead atoms. The average molecular weight is 249 g/mol. The van der Waals surface area contributed by atoms with Crippen LogP contribution >= 0.6 is 7.60 Å². The number of hydrogen-bond acceptors (Lipinski definition) is 5. The van der Waals surface area contributed by atoms with E-state index in [4.69, 9.17) is 25.2 Å². The summed E-state index contributed by atoms with van der Waals surface area (Å²) in [5.41, 5.74) is 4.91. The second-order valence-electron chi connectivity index (χ2n) is 2.70. The van der Waals surface area contributed by atoms with Crippen LogP contribution in [0.25, 0.3) is 0 Å². The fraction of sp³-hybridized carbons (Fsp3) is 1.00. The first kappa shape index (κ1) is 14.0. The molecule has 0 radical (unpaired) electrons. The molecule has 0 aliphatic heterocycles. The van der Waals surface area contributed by atoms with Crippen molar-refractivity contribution in [2.75, 3.05) is 12.7 Å². The Hall–Kier alpha value is -0.0200. The molecule has 8 nitrogen and oxygen atoms in total. The maximum absolute atomic E-state index is 10.6. The van der Waals surface area contributed by atoms with Gasteiger partial charge in [-0.25, -0.2) is 0 Å². The third-order valence-electron chi connectivity index (χ3n) is 1.47.